The van der Waals surface area contributed by atoms with Crippen LogP contribution in [0.2, 0.25) is 0 Å². The standard InChI is InChI=1S/C18H19N3OS/c1-2-3-12-4-5-14-15(11-19)18(23-16(14)10-12)21-17(22)13-6-8-20-9-7-13/h6-9,12H,2-5,10H2,1H3,(H,21,22)/t12-/m0/s1. The van der Waals surface area contributed by atoms with Crippen LogP contribution in [0.25, 0.3) is 0 Å². The third kappa shape index (κ3) is 3.27. The first-order valence-corrected chi connectivity index (χ1v) is 8.80. The summed E-state index contributed by atoms with van der Waals surface area (Å²) in [7, 11) is 0. The van der Waals surface area contributed by atoms with Crippen molar-refractivity contribution in [3.05, 3.63) is 46.1 Å². The lowest BCUT2D eigenvalue weighted by Gasteiger charge is -2.21. The number of nitrogens with zero attached hydrogens (tertiary/aromatic N) is 2. The summed E-state index contributed by atoms with van der Waals surface area (Å²) in [6.45, 7) is 2.21. The number of aromatic nitrogens is 1. The van der Waals surface area contributed by atoms with E-state index in [1.807, 2.05) is 0 Å². The predicted molar refractivity (Wildman–Crippen MR) is 91.6 cm³/mol. The zero-order valence-electron chi connectivity index (χ0n) is 13.1. The van der Waals surface area contributed by atoms with Crippen molar-refractivity contribution in [2.24, 2.45) is 5.92 Å². The van der Waals surface area contributed by atoms with Crippen LogP contribution in [0.15, 0.2) is 24.5 Å². The topological polar surface area (TPSA) is 65.8 Å². The Kier molecular flexibility index (Phi) is 4.73. The molecule has 0 fully saturated rings. The fourth-order valence-corrected chi connectivity index (χ4v) is 4.50. The molecule has 1 N–H and O–H groups in total. The van der Waals surface area contributed by atoms with Gasteiger partial charge in [0.2, 0.25) is 0 Å². The highest BCUT2D eigenvalue weighted by atomic mass is 32.1. The number of anilines is 1. The Balaban J connectivity index is 1.84. The molecule has 0 radical (unpaired) electrons. The van der Waals surface area contributed by atoms with E-state index < -0.39 is 0 Å². The van der Waals surface area contributed by atoms with Gasteiger partial charge in [-0.1, -0.05) is 19.8 Å². The molecule has 0 bridgehead atoms. The van der Waals surface area contributed by atoms with E-state index in [0.29, 0.717) is 22.0 Å². The fourth-order valence-electron chi connectivity index (χ4n) is 3.19. The number of nitriles is 1. The Bertz CT molecular complexity index is 746. The number of rotatable bonds is 4. The first-order valence-electron chi connectivity index (χ1n) is 7.99. The van der Waals surface area contributed by atoms with Crippen molar-refractivity contribution in [2.75, 3.05) is 5.32 Å². The van der Waals surface area contributed by atoms with E-state index in [-0.39, 0.29) is 5.91 Å². The Morgan fingerprint density at radius 2 is 2.26 bits per heavy atom. The van der Waals surface area contributed by atoms with E-state index in [1.165, 1.54) is 17.7 Å². The summed E-state index contributed by atoms with van der Waals surface area (Å²) in [6.07, 6.45) is 8.74. The molecule has 0 aromatic carbocycles. The summed E-state index contributed by atoms with van der Waals surface area (Å²) in [4.78, 5) is 17.5. The Morgan fingerprint density at radius 3 is 2.96 bits per heavy atom. The van der Waals surface area contributed by atoms with Crippen molar-refractivity contribution in [1.82, 2.24) is 4.98 Å². The van der Waals surface area contributed by atoms with E-state index in [0.717, 1.165) is 24.8 Å². The third-order valence-electron chi connectivity index (χ3n) is 4.35. The maximum atomic E-state index is 12.3. The molecule has 2 aromatic rings. The summed E-state index contributed by atoms with van der Waals surface area (Å²) in [5.74, 6) is 0.522. The quantitative estimate of drug-likeness (QED) is 0.917. The lowest BCUT2D eigenvalue weighted by Crippen LogP contribution is -2.13. The van der Waals surface area contributed by atoms with Gasteiger partial charge in [0.1, 0.15) is 11.1 Å². The minimum Gasteiger partial charge on any atom is -0.312 e. The second-order valence-electron chi connectivity index (χ2n) is 5.91. The van der Waals surface area contributed by atoms with Crippen molar-refractivity contribution in [2.45, 2.75) is 39.0 Å². The molecule has 5 heteroatoms. The average Bonchev–Trinajstić information content (AvgIpc) is 2.92. The monoisotopic (exact) mass is 325 g/mol. The molecule has 118 valence electrons. The lowest BCUT2D eigenvalue weighted by atomic mass is 9.85. The normalized spacial score (nSPS) is 16.4. The maximum Gasteiger partial charge on any atom is 0.256 e. The second-order valence-corrected chi connectivity index (χ2v) is 7.01. The average molecular weight is 325 g/mol. The molecular weight excluding hydrogens is 306 g/mol. The minimum atomic E-state index is -0.187. The van der Waals surface area contributed by atoms with Gasteiger partial charge in [-0.2, -0.15) is 5.26 Å². The lowest BCUT2D eigenvalue weighted by molar-refractivity contribution is 0.102. The van der Waals surface area contributed by atoms with Gasteiger partial charge in [-0.15, -0.1) is 11.3 Å². The van der Waals surface area contributed by atoms with Gasteiger partial charge in [0, 0.05) is 22.8 Å². The first kappa shape index (κ1) is 15.7. The summed E-state index contributed by atoms with van der Waals surface area (Å²) < 4.78 is 0. The van der Waals surface area contributed by atoms with Gasteiger partial charge in [-0.05, 0) is 42.9 Å². The van der Waals surface area contributed by atoms with Crippen molar-refractivity contribution in [3.63, 3.8) is 0 Å². The van der Waals surface area contributed by atoms with Crippen molar-refractivity contribution in [1.29, 1.82) is 5.26 Å². The summed E-state index contributed by atoms with van der Waals surface area (Å²) >= 11 is 1.57. The molecule has 1 atom stereocenters. The SMILES string of the molecule is CCC[C@H]1CCc2c(sc(NC(=O)c3ccncc3)c2C#N)C1. The molecule has 4 nitrogen and oxygen atoms in total. The molecule has 0 saturated heterocycles. The number of thiophene rings is 1. The van der Waals surface area contributed by atoms with Gasteiger partial charge in [0.05, 0.1) is 5.56 Å². The van der Waals surface area contributed by atoms with Crippen LogP contribution in [0, 0.1) is 17.2 Å². The van der Waals surface area contributed by atoms with E-state index in [1.54, 1.807) is 35.9 Å². The molecule has 0 unspecified atom stereocenters. The highest BCUT2D eigenvalue weighted by Gasteiger charge is 2.26. The Hall–Kier alpha value is -2.19. The van der Waals surface area contributed by atoms with Crippen LogP contribution in [0.1, 0.15) is 52.5 Å². The molecule has 1 aliphatic rings. The summed E-state index contributed by atoms with van der Waals surface area (Å²) in [6, 6.07) is 5.64. The van der Waals surface area contributed by atoms with Crippen LogP contribution in [0.5, 0.6) is 0 Å². The number of fused-ring (bicyclic) bond motifs is 1. The molecule has 23 heavy (non-hydrogen) atoms. The first-order chi connectivity index (χ1) is 11.2. The van der Waals surface area contributed by atoms with Crippen LogP contribution in [-0.4, -0.2) is 10.9 Å². The van der Waals surface area contributed by atoms with Crippen molar-refractivity contribution < 1.29 is 4.79 Å². The maximum absolute atomic E-state index is 12.3. The van der Waals surface area contributed by atoms with E-state index in [9.17, 15) is 10.1 Å². The summed E-state index contributed by atoms with van der Waals surface area (Å²) in [5, 5.41) is 13.1. The van der Waals surface area contributed by atoms with Gasteiger partial charge in [-0.3, -0.25) is 9.78 Å². The third-order valence-corrected chi connectivity index (χ3v) is 5.52. The number of amides is 1. The molecule has 0 saturated carbocycles. The highest BCUT2D eigenvalue weighted by Crippen LogP contribution is 2.40. The van der Waals surface area contributed by atoms with Crippen LogP contribution in [0.3, 0.4) is 0 Å². The fraction of sp³-hybridized carbons (Fsp3) is 0.389. The number of carbonyl (C=O) groups excluding carboxylic acids is 1. The van der Waals surface area contributed by atoms with Crippen LogP contribution >= 0.6 is 11.3 Å². The van der Waals surface area contributed by atoms with Crippen LogP contribution < -0.4 is 5.32 Å². The molecule has 3 rings (SSSR count). The number of nitrogens with one attached hydrogen (secondary N) is 1. The van der Waals surface area contributed by atoms with Crippen molar-refractivity contribution >= 4 is 22.2 Å². The number of carbonyl (C=O) groups is 1. The summed E-state index contributed by atoms with van der Waals surface area (Å²) in [5.41, 5.74) is 2.36. The molecule has 1 aliphatic carbocycles. The number of pyridine rings is 1. The predicted octanol–water partition coefficient (Wildman–Crippen LogP) is 4.17. The smallest absolute Gasteiger partial charge is 0.256 e. The van der Waals surface area contributed by atoms with Gasteiger partial charge in [0.15, 0.2) is 0 Å². The van der Waals surface area contributed by atoms with Gasteiger partial charge in [0.25, 0.3) is 5.91 Å². The number of hydrogen-bond donors (Lipinski definition) is 1. The molecule has 0 aliphatic heterocycles. The zero-order valence-corrected chi connectivity index (χ0v) is 13.9. The molecule has 2 heterocycles. The second kappa shape index (κ2) is 6.93. The van der Waals surface area contributed by atoms with Gasteiger partial charge < -0.3 is 5.32 Å². The van der Waals surface area contributed by atoms with E-state index in [2.05, 4.69) is 23.3 Å². The van der Waals surface area contributed by atoms with Gasteiger partial charge in [-0.25, -0.2) is 0 Å². The van der Waals surface area contributed by atoms with Crippen LogP contribution in [-0.2, 0) is 12.8 Å². The van der Waals surface area contributed by atoms with Crippen molar-refractivity contribution in [3.8, 4) is 6.07 Å². The van der Waals surface area contributed by atoms with Gasteiger partial charge >= 0.3 is 0 Å². The number of hydrogen-bond acceptors (Lipinski definition) is 4. The zero-order chi connectivity index (χ0) is 16.2. The molecule has 1 amide bonds. The largest absolute Gasteiger partial charge is 0.312 e. The molecule has 2 aromatic heterocycles. The van der Waals surface area contributed by atoms with Crippen LogP contribution in [0.4, 0.5) is 5.00 Å². The Labute approximate surface area is 140 Å². The highest BCUT2D eigenvalue weighted by molar-refractivity contribution is 7.16. The molecule has 0 spiro atoms. The van der Waals surface area contributed by atoms with E-state index in [4.69, 9.17) is 0 Å². The minimum absolute atomic E-state index is 0.187. The van der Waals surface area contributed by atoms with E-state index >= 15 is 0 Å². The molecular formula is C18H19N3OS. The Morgan fingerprint density at radius 1 is 1.48 bits per heavy atom.